The number of nitrogens with two attached hydrogens (primary N) is 1. The first-order chi connectivity index (χ1) is 4.77. The van der Waals surface area contributed by atoms with Crippen LogP contribution in [0.4, 0.5) is 0 Å². The van der Waals surface area contributed by atoms with Gasteiger partial charge in [0.1, 0.15) is 6.23 Å². The summed E-state index contributed by atoms with van der Waals surface area (Å²) in [5.74, 6) is 0. The first-order valence-electron chi connectivity index (χ1n) is 2.99. The van der Waals surface area contributed by atoms with Crippen LogP contribution in [0.25, 0.3) is 0 Å². The average molecular weight is 187 g/mol. The van der Waals surface area contributed by atoms with E-state index in [0.29, 0.717) is 6.42 Å². The van der Waals surface area contributed by atoms with Gasteiger partial charge in [0.2, 0.25) is 0 Å². The predicted octanol–water partition coefficient (Wildman–Crippen LogP) is -0.865. The van der Waals surface area contributed by atoms with Crippen LogP contribution < -0.4 is 5.73 Å². The predicted molar refractivity (Wildman–Crippen MR) is 39.4 cm³/mol. The van der Waals surface area contributed by atoms with Gasteiger partial charge in [-0.3, -0.25) is 0 Å². The highest BCUT2D eigenvalue weighted by molar-refractivity contribution is 7.45. The molecule has 1 atom stereocenters. The van der Waals surface area contributed by atoms with Crippen molar-refractivity contribution in [3.8, 4) is 0 Å². The molecule has 0 amide bonds. The maximum Gasteiger partial charge on any atom is 0.466 e. The molecule has 6 nitrogen and oxygen atoms in total. The van der Waals surface area contributed by atoms with Gasteiger partial charge in [0.15, 0.2) is 0 Å². The Morgan fingerprint density at radius 1 is 1.45 bits per heavy atom. The fraction of sp³-hybridized carbons (Fsp3) is 1.00. The van der Waals surface area contributed by atoms with E-state index in [1.165, 1.54) is 0 Å². The molecule has 0 aliphatic carbocycles. The number of aliphatic hydroxyl groups is 1. The van der Waals surface area contributed by atoms with E-state index in [9.17, 15) is 0 Å². The standard InChI is InChI=1S/C4H11NO.H3O4P/c1-2-3-4(5)6;1-5(2,3)4/h4,6H,2-3,5H2,1H3;(H3,1,2,3,4). The second kappa shape index (κ2) is 6.72. The largest absolute Gasteiger partial charge is 0.466 e. The first kappa shape index (κ1) is 13.6. The van der Waals surface area contributed by atoms with Gasteiger partial charge in [-0.25, -0.2) is 4.57 Å². The van der Waals surface area contributed by atoms with Crippen LogP contribution in [0.2, 0.25) is 0 Å². The van der Waals surface area contributed by atoms with E-state index in [-0.39, 0.29) is 0 Å². The van der Waals surface area contributed by atoms with Crippen molar-refractivity contribution >= 4 is 7.82 Å². The summed E-state index contributed by atoms with van der Waals surface area (Å²) >= 11 is 0. The monoisotopic (exact) mass is 187 g/mol. The highest BCUT2D eigenvalue weighted by atomic mass is 31.2. The minimum Gasteiger partial charge on any atom is -0.379 e. The lowest BCUT2D eigenvalue weighted by atomic mass is 10.3. The molecule has 0 spiro atoms. The van der Waals surface area contributed by atoms with E-state index >= 15 is 0 Å². The molecular formula is C4H14NO5P. The third kappa shape index (κ3) is 70.4. The summed E-state index contributed by atoms with van der Waals surface area (Å²) in [6, 6.07) is 0. The van der Waals surface area contributed by atoms with Crippen molar-refractivity contribution in [2.75, 3.05) is 0 Å². The van der Waals surface area contributed by atoms with Crippen LogP contribution in [0.15, 0.2) is 0 Å². The number of aliphatic hydroxyl groups excluding tert-OH is 1. The molecule has 11 heavy (non-hydrogen) atoms. The Kier molecular flexibility index (Phi) is 8.32. The summed E-state index contributed by atoms with van der Waals surface area (Å²) in [5.41, 5.74) is 4.96. The number of phosphoric acid groups is 1. The molecule has 0 aromatic rings. The van der Waals surface area contributed by atoms with Crippen molar-refractivity contribution < 1.29 is 24.4 Å². The summed E-state index contributed by atoms with van der Waals surface area (Å²) < 4.78 is 8.88. The van der Waals surface area contributed by atoms with Crippen molar-refractivity contribution in [2.45, 2.75) is 26.0 Å². The van der Waals surface area contributed by atoms with Crippen LogP contribution in [0.1, 0.15) is 19.8 Å². The fourth-order valence-electron chi connectivity index (χ4n) is 0.296. The molecule has 0 bridgehead atoms. The molecule has 7 heteroatoms. The molecule has 0 aromatic carbocycles. The highest BCUT2D eigenvalue weighted by Gasteiger charge is 2.00. The van der Waals surface area contributed by atoms with Crippen molar-refractivity contribution in [3.63, 3.8) is 0 Å². The number of hydrogen-bond acceptors (Lipinski definition) is 3. The molecule has 6 N–H and O–H groups in total. The molecule has 1 unspecified atom stereocenters. The van der Waals surface area contributed by atoms with Crippen LogP contribution in [0.3, 0.4) is 0 Å². The van der Waals surface area contributed by atoms with E-state index in [1.54, 1.807) is 0 Å². The summed E-state index contributed by atoms with van der Waals surface area (Å²) in [7, 11) is -4.64. The topological polar surface area (TPSA) is 124 Å². The normalized spacial score (nSPS) is 13.3. The smallest absolute Gasteiger partial charge is 0.379 e. The van der Waals surface area contributed by atoms with E-state index in [0.717, 1.165) is 6.42 Å². The summed E-state index contributed by atoms with van der Waals surface area (Å²) in [4.78, 5) is 21.6. The third-order valence-electron chi connectivity index (χ3n) is 0.584. The number of rotatable bonds is 2. The van der Waals surface area contributed by atoms with Crippen LogP contribution in [-0.2, 0) is 4.57 Å². The van der Waals surface area contributed by atoms with E-state index < -0.39 is 14.1 Å². The zero-order valence-corrected chi connectivity index (χ0v) is 7.11. The quantitative estimate of drug-likeness (QED) is 0.283. The van der Waals surface area contributed by atoms with Crippen LogP contribution in [-0.4, -0.2) is 26.0 Å². The van der Waals surface area contributed by atoms with E-state index in [4.69, 9.17) is 30.1 Å². The summed E-state index contributed by atoms with van der Waals surface area (Å²) in [6.07, 6.45) is 1.06. The lowest BCUT2D eigenvalue weighted by molar-refractivity contribution is 0.171. The summed E-state index contributed by atoms with van der Waals surface area (Å²) in [5, 5.41) is 8.33. The Labute approximate surface area is 64.9 Å². The minimum atomic E-state index is -4.64. The van der Waals surface area contributed by atoms with Crippen molar-refractivity contribution in [1.82, 2.24) is 0 Å². The molecule has 0 aromatic heterocycles. The SMILES string of the molecule is CCCC(N)O.O=P(O)(O)O. The maximum atomic E-state index is 8.88. The molecule has 0 radical (unpaired) electrons. The van der Waals surface area contributed by atoms with E-state index in [1.807, 2.05) is 6.92 Å². The van der Waals surface area contributed by atoms with Gasteiger partial charge in [-0.1, -0.05) is 13.3 Å². The average Bonchev–Trinajstić information content (AvgIpc) is 1.58. The van der Waals surface area contributed by atoms with Crippen LogP contribution >= 0.6 is 7.82 Å². The van der Waals surface area contributed by atoms with Gasteiger partial charge in [-0.05, 0) is 6.42 Å². The zero-order chi connectivity index (χ0) is 9.49. The van der Waals surface area contributed by atoms with Gasteiger partial charge in [0.25, 0.3) is 0 Å². The van der Waals surface area contributed by atoms with Crippen molar-refractivity contribution in [2.24, 2.45) is 5.73 Å². The summed E-state index contributed by atoms with van der Waals surface area (Å²) in [6.45, 7) is 1.98. The second-order valence-electron chi connectivity index (χ2n) is 1.87. The lowest BCUT2D eigenvalue weighted by Crippen LogP contribution is -2.17. The molecule has 0 fully saturated rings. The molecule has 0 aliphatic heterocycles. The van der Waals surface area contributed by atoms with Gasteiger partial charge in [-0.15, -0.1) is 0 Å². The van der Waals surface area contributed by atoms with Gasteiger partial charge in [-0.2, -0.15) is 0 Å². The minimum absolute atomic E-state index is 0.602. The van der Waals surface area contributed by atoms with Crippen LogP contribution in [0.5, 0.6) is 0 Å². The third-order valence-corrected chi connectivity index (χ3v) is 0.584. The molecule has 0 heterocycles. The van der Waals surface area contributed by atoms with Gasteiger partial charge in [0, 0.05) is 0 Å². The molecular weight excluding hydrogens is 173 g/mol. The van der Waals surface area contributed by atoms with Gasteiger partial charge < -0.3 is 25.5 Å². The Morgan fingerprint density at radius 3 is 1.73 bits per heavy atom. The Bertz CT molecular complexity index is 113. The molecule has 0 saturated heterocycles. The Balaban J connectivity index is 0. The fourth-order valence-corrected chi connectivity index (χ4v) is 0.296. The maximum absolute atomic E-state index is 8.88. The lowest BCUT2D eigenvalue weighted by Gasteiger charge is -1.96. The van der Waals surface area contributed by atoms with Gasteiger partial charge >= 0.3 is 7.82 Å². The molecule has 70 valence electrons. The van der Waals surface area contributed by atoms with Crippen LogP contribution in [0, 0.1) is 0 Å². The van der Waals surface area contributed by atoms with Crippen molar-refractivity contribution in [1.29, 1.82) is 0 Å². The Morgan fingerprint density at radius 2 is 1.73 bits per heavy atom. The number of hydrogen-bond donors (Lipinski definition) is 5. The zero-order valence-electron chi connectivity index (χ0n) is 6.21. The van der Waals surface area contributed by atoms with E-state index in [2.05, 4.69) is 0 Å². The second-order valence-corrected chi connectivity index (χ2v) is 2.90. The Hall–Kier alpha value is 0.0300. The van der Waals surface area contributed by atoms with Gasteiger partial charge in [0.05, 0.1) is 0 Å². The molecule has 0 rings (SSSR count). The molecule has 0 aliphatic rings. The van der Waals surface area contributed by atoms with Crippen molar-refractivity contribution in [3.05, 3.63) is 0 Å². The first-order valence-corrected chi connectivity index (χ1v) is 4.55. The highest BCUT2D eigenvalue weighted by Crippen LogP contribution is 2.25. The molecule has 0 saturated carbocycles.